The molecular formula is C32H37BrFN5O. The summed E-state index contributed by atoms with van der Waals surface area (Å²) in [5.41, 5.74) is 4.68. The minimum absolute atomic E-state index is 0.200. The van der Waals surface area contributed by atoms with Crippen molar-refractivity contribution in [3.63, 3.8) is 0 Å². The van der Waals surface area contributed by atoms with Crippen LogP contribution in [0.15, 0.2) is 40.9 Å². The number of hydrogen-bond donors (Lipinski definition) is 1. The summed E-state index contributed by atoms with van der Waals surface area (Å²) in [4.78, 5) is 15.0. The average molecular weight is 607 g/mol. The van der Waals surface area contributed by atoms with E-state index in [1.807, 2.05) is 0 Å². The van der Waals surface area contributed by atoms with Crippen molar-refractivity contribution in [3.05, 3.63) is 57.8 Å². The third-order valence-corrected chi connectivity index (χ3v) is 11.0. The quantitative estimate of drug-likeness (QED) is 0.390. The number of nitrogens with zero attached hydrogens (tertiary/aromatic N) is 4. The Hall–Kier alpha value is -2.29. The first-order chi connectivity index (χ1) is 19.5. The second kappa shape index (κ2) is 9.92. The van der Waals surface area contributed by atoms with Gasteiger partial charge in [0.15, 0.2) is 0 Å². The first-order valence-electron chi connectivity index (χ1n) is 15.1. The van der Waals surface area contributed by atoms with E-state index >= 15 is 0 Å². The molecule has 40 heavy (non-hydrogen) atoms. The molecule has 6 nitrogen and oxygen atoms in total. The summed E-state index contributed by atoms with van der Waals surface area (Å²) < 4.78 is 22.0. The van der Waals surface area contributed by atoms with E-state index < -0.39 is 6.17 Å². The molecule has 3 aromatic rings. The first-order valence-corrected chi connectivity index (χ1v) is 15.9. The highest BCUT2D eigenvalue weighted by Gasteiger charge is 2.49. The Morgan fingerprint density at radius 1 is 1.07 bits per heavy atom. The van der Waals surface area contributed by atoms with E-state index in [1.165, 1.54) is 40.6 Å². The summed E-state index contributed by atoms with van der Waals surface area (Å²) in [6.45, 7) is 3.66. The number of alkyl halides is 1. The van der Waals surface area contributed by atoms with E-state index in [0.717, 1.165) is 61.9 Å². The van der Waals surface area contributed by atoms with E-state index in [2.05, 4.69) is 67.4 Å². The molecule has 0 spiro atoms. The minimum Gasteiger partial charge on any atom is -0.461 e. The normalized spacial score (nSPS) is 31.5. The lowest BCUT2D eigenvalue weighted by Gasteiger charge is -2.35. The van der Waals surface area contributed by atoms with Crippen LogP contribution in [0.3, 0.4) is 0 Å². The molecule has 0 unspecified atom stereocenters. The predicted molar refractivity (Wildman–Crippen MR) is 159 cm³/mol. The molecule has 5 aliphatic heterocycles. The third kappa shape index (κ3) is 4.33. The monoisotopic (exact) mass is 605 g/mol. The van der Waals surface area contributed by atoms with Crippen LogP contribution in [0.2, 0.25) is 0 Å². The van der Waals surface area contributed by atoms with Gasteiger partial charge in [-0.25, -0.2) is 4.39 Å². The van der Waals surface area contributed by atoms with Crippen molar-refractivity contribution >= 4 is 32.4 Å². The van der Waals surface area contributed by atoms with Gasteiger partial charge in [0.05, 0.1) is 23.5 Å². The maximum absolute atomic E-state index is 14.4. The lowest BCUT2D eigenvalue weighted by atomic mass is 9.85. The molecule has 0 saturated carbocycles. The van der Waals surface area contributed by atoms with Gasteiger partial charge in [-0.1, -0.05) is 40.2 Å². The fraction of sp³-hybridized carbons (Fsp3) is 0.562. The molecule has 1 aromatic heterocycles. The van der Waals surface area contributed by atoms with Crippen LogP contribution < -0.4 is 15.0 Å². The van der Waals surface area contributed by atoms with Crippen LogP contribution >= 0.6 is 15.9 Å². The van der Waals surface area contributed by atoms with Crippen LogP contribution in [-0.2, 0) is 13.0 Å². The van der Waals surface area contributed by atoms with E-state index in [-0.39, 0.29) is 5.54 Å². The number of piperidine rings is 1. The number of fused-ring (bicyclic) bond motifs is 5. The zero-order valence-electron chi connectivity index (χ0n) is 22.9. The Balaban J connectivity index is 1.14. The summed E-state index contributed by atoms with van der Waals surface area (Å²) in [6, 6.07) is 14.6. The molecule has 5 aliphatic rings. The topological polar surface area (TPSA) is 53.5 Å². The summed E-state index contributed by atoms with van der Waals surface area (Å²) >= 11 is 3.81. The fourth-order valence-electron chi connectivity index (χ4n) is 8.51. The van der Waals surface area contributed by atoms with Crippen LogP contribution in [0.5, 0.6) is 6.01 Å². The molecule has 2 aromatic carbocycles. The van der Waals surface area contributed by atoms with Gasteiger partial charge in [0, 0.05) is 53.1 Å². The van der Waals surface area contributed by atoms with Crippen molar-refractivity contribution in [1.82, 2.24) is 20.2 Å². The number of hydrogen-bond acceptors (Lipinski definition) is 6. The zero-order chi connectivity index (χ0) is 26.8. The van der Waals surface area contributed by atoms with E-state index in [0.29, 0.717) is 43.6 Å². The second-order valence-electron chi connectivity index (χ2n) is 12.8. The lowest BCUT2D eigenvalue weighted by Crippen LogP contribution is -2.43. The van der Waals surface area contributed by atoms with Gasteiger partial charge in [-0.05, 0) is 74.6 Å². The molecular weight excluding hydrogens is 569 g/mol. The molecule has 4 saturated heterocycles. The SMILES string of the molecule is F[C@H]1CN2CCC[C@@]2(COc2nc3c(c([C@@H]4C[C@H]5CC[C@@H](C4)N5)n2)CCN(c2cccc4cccc(Br)c24)C3)C1. The van der Waals surface area contributed by atoms with Crippen molar-refractivity contribution in [2.75, 3.05) is 31.1 Å². The summed E-state index contributed by atoms with van der Waals surface area (Å²) in [7, 11) is 0. The van der Waals surface area contributed by atoms with Gasteiger partial charge < -0.3 is 15.0 Å². The van der Waals surface area contributed by atoms with Gasteiger partial charge in [-0.15, -0.1) is 0 Å². The molecule has 8 heteroatoms. The summed E-state index contributed by atoms with van der Waals surface area (Å²) in [5.74, 6) is 0.443. The summed E-state index contributed by atoms with van der Waals surface area (Å²) in [5, 5.41) is 6.28. The van der Waals surface area contributed by atoms with Crippen molar-refractivity contribution in [2.45, 2.75) is 87.6 Å². The molecule has 2 bridgehead atoms. The number of benzene rings is 2. The maximum atomic E-state index is 14.4. The smallest absolute Gasteiger partial charge is 0.316 e. The van der Waals surface area contributed by atoms with E-state index in [4.69, 9.17) is 14.7 Å². The Morgan fingerprint density at radius 2 is 1.90 bits per heavy atom. The molecule has 8 rings (SSSR count). The number of rotatable bonds is 5. The van der Waals surface area contributed by atoms with Gasteiger partial charge in [0.25, 0.3) is 0 Å². The van der Waals surface area contributed by atoms with Crippen LogP contribution in [0, 0.1) is 0 Å². The molecule has 0 aliphatic carbocycles. The predicted octanol–water partition coefficient (Wildman–Crippen LogP) is 5.91. The highest BCUT2D eigenvalue weighted by molar-refractivity contribution is 9.10. The highest BCUT2D eigenvalue weighted by Crippen LogP contribution is 2.43. The van der Waals surface area contributed by atoms with Gasteiger partial charge in [0.2, 0.25) is 0 Å². The molecule has 4 fully saturated rings. The van der Waals surface area contributed by atoms with Crippen LogP contribution in [0.1, 0.15) is 67.8 Å². The van der Waals surface area contributed by atoms with E-state index in [1.54, 1.807) is 0 Å². The van der Waals surface area contributed by atoms with Crippen LogP contribution in [-0.4, -0.2) is 64.9 Å². The number of nitrogens with one attached hydrogen (secondary N) is 1. The Labute approximate surface area is 243 Å². The van der Waals surface area contributed by atoms with Crippen molar-refractivity contribution in [3.8, 4) is 6.01 Å². The Morgan fingerprint density at radius 3 is 2.75 bits per heavy atom. The van der Waals surface area contributed by atoms with Crippen LogP contribution in [0.4, 0.5) is 10.1 Å². The maximum Gasteiger partial charge on any atom is 0.316 e. The Bertz CT molecular complexity index is 1440. The van der Waals surface area contributed by atoms with Gasteiger partial charge in [-0.2, -0.15) is 9.97 Å². The fourth-order valence-corrected chi connectivity index (χ4v) is 9.10. The number of aromatic nitrogens is 2. The molecule has 0 radical (unpaired) electrons. The molecule has 5 atom stereocenters. The number of anilines is 1. The highest BCUT2D eigenvalue weighted by atomic mass is 79.9. The Kier molecular flexibility index (Phi) is 6.30. The standard InChI is InChI=1S/C32H37BrFN5O/c33-26-6-1-4-20-5-2-7-28(29(20)26)38-13-10-25-27(18-38)36-31(37-30(25)21-14-23-8-9-24(15-21)35-23)40-19-32-11-3-12-39(32)17-22(34)16-32/h1-2,4-7,21-24,35H,3,8-19H2/t21-,22-,23-,24+,32+/m1/s1. The van der Waals surface area contributed by atoms with Gasteiger partial charge >= 0.3 is 6.01 Å². The molecule has 0 amide bonds. The lowest BCUT2D eigenvalue weighted by molar-refractivity contribution is 0.106. The first kappa shape index (κ1) is 25.4. The van der Waals surface area contributed by atoms with Crippen molar-refractivity contribution in [1.29, 1.82) is 0 Å². The molecule has 6 heterocycles. The third-order valence-electron chi connectivity index (χ3n) is 10.3. The second-order valence-corrected chi connectivity index (χ2v) is 13.6. The van der Waals surface area contributed by atoms with Crippen molar-refractivity contribution in [2.24, 2.45) is 0 Å². The number of ether oxygens (including phenoxy) is 1. The zero-order valence-corrected chi connectivity index (χ0v) is 24.5. The molecule has 210 valence electrons. The summed E-state index contributed by atoms with van der Waals surface area (Å²) in [6.07, 6.45) is 7.66. The number of halogens is 2. The minimum atomic E-state index is -0.761. The van der Waals surface area contributed by atoms with Crippen LogP contribution in [0.25, 0.3) is 10.8 Å². The van der Waals surface area contributed by atoms with Gasteiger partial charge in [-0.3, -0.25) is 4.90 Å². The molecule has 1 N–H and O–H groups in total. The van der Waals surface area contributed by atoms with Gasteiger partial charge in [0.1, 0.15) is 12.8 Å². The average Bonchev–Trinajstić information content (AvgIpc) is 3.61. The largest absolute Gasteiger partial charge is 0.461 e. The van der Waals surface area contributed by atoms with Crippen molar-refractivity contribution < 1.29 is 9.13 Å². The van der Waals surface area contributed by atoms with E-state index in [9.17, 15) is 4.39 Å².